The quantitative estimate of drug-likeness (QED) is 0.172. The van der Waals surface area contributed by atoms with Gasteiger partial charge in [0.05, 0.1) is 27.9 Å². The molecular weight excluding hydrogens is 683 g/mol. The highest BCUT2D eigenvalue weighted by atomic mass is 15.2. The van der Waals surface area contributed by atoms with E-state index in [2.05, 4.69) is 191 Å². The third-order valence-electron chi connectivity index (χ3n) is 10.8. The molecule has 262 valence electrons. The summed E-state index contributed by atoms with van der Waals surface area (Å²) in [7, 11) is 0. The van der Waals surface area contributed by atoms with E-state index in [1.54, 1.807) is 0 Å². The van der Waals surface area contributed by atoms with Crippen molar-refractivity contribution in [3.05, 3.63) is 200 Å². The summed E-state index contributed by atoms with van der Waals surface area (Å²) in [5.74, 6) is 1.50. The number of hydrogen-bond donors (Lipinski definition) is 0. The number of rotatable bonds is 6. The van der Waals surface area contributed by atoms with Gasteiger partial charge in [0.1, 0.15) is 11.5 Å². The van der Waals surface area contributed by atoms with E-state index in [-0.39, 0.29) is 0 Å². The van der Waals surface area contributed by atoms with E-state index < -0.39 is 0 Å². The average molecular weight is 716 g/mol. The molecule has 0 radical (unpaired) electrons. The number of fused-ring (bicyclic) bond motifs is 6. The maximum atomic E-state index is 5.39. The second kappa shape index (κ2) is 13.0. The van der Waals surface area contributed by atoms with Crippen LogP contribution in [0.5, 0.6) is 0 Å². The molecule has 5 heteroatoms. The molecule has 5 nitrogen and oxygen atoms in total. The standard InChI is InChI=1S/C51H33N5/c1-4-16-35(17-5-1)46-32-39-22-10-11-23-40(39)50-48(49(54-56(46)50)37-18-6-2-7-19-37)36-30-28-34(29-31-36)43-33-47(53-51(52-43)38-20-8-3-9-21-38)55-44-26-14-12-24-41(44)42-25-13-15-27-45(42)55/h1-33H. The molecule has 0 bridgehead atoms. The first-order valence-electron chi connectivity index (χ1n) is 18.9. The Balaban J connectivity index is 1.13. The van der Waals surface area contributed by atoms with Gasteiger partial charge in [0.25, 0.3) is 0 Å². The summed E-state index contributed by atoms with van der Waals surface area (Å²) >= 11 is 0. The number of benzene rings is 7. The highest BCUT2D eigenvalue weighted by molar-refractivity contribution is 6.10. The third kappa shape index (κ3) is 5.21. The molecule has 0 aliphatic heterocycles. The summed E-state index contributed by atoms with van der Waals surface area (Å²) in [5, 5.41) is 10.1. The number of para-hydroxylation sites is 2. The van der Waals surface area contributed by atoms with Gasteiger partial charge in [0.2, 0.25) is 0 Å². The predicted molar refractivity (Wildman–Crippen MR) is 230 cm³/mol. The topological polar surface area (TPSA) is 48.0 Å². The maximum Gasteiger partial charge on any atom is 0.162 e. The first-order chi connectivity index (χ1) is 27.8. The molecule has 0 fully saturated rings. The van der Waals surface area contributed by atoms with Crippen molar-refractivity contribution in [3.63, 3.8) is 0 Å². The van der Waals surface area contributed by atoms with Crippen LogP contribution in [0.1, 0.15) is 0 Å². The van der Waals surface area contributed by atoms with Crippen molar-refractivity contribution in [3.8, 4) is 62.1 Å². The van der Waals surface area contributed by atoms with Crippen molar-refractivity contribution in [2.24, 2.45) is 0 Å². The number of aromatic nitrogens is 5. The van der Waals surface area contributed by atoms with Crippen LogP contribution in [0.3, 0.4) is 0 Å². The van der Waals surface area contributed by atoms with Crippen LogP contribution in [-0.2, 0) is 0 Å². The second-order valence-corrected chi connectivity index (χ2v) is 14.1. The molecule has 11 aromatic rings. The summed E-state index contributed by atoms with van der Waals surface area (Å²) in [6, 6.07) is 70.1. The van der Waals surface area contributed by atoms with E-state index in [9.17, 15) is 0 Å². The molecule has 0 saturated carbocycles. The highest BCUT2D eigenvalue weighted by Gasteiger charge is 2.22. The van der Waals surface area contributed by atoms with Gasteiger partial charge in [-0.25, -0.2) is 14.5 Å². The van der Waals surface area contributed by atoms with Crippen molar-refractivity contribution in [1.82, 2.24) is 24.1 Å². The molecule has 0 N–H and O–H groups in total. The molecule has 0 amide bonds. The zero-order chi connectivity index (χ0) is 37.0. The fraction of sp³-hybridized carbons (Fsp3) is 0. The van der Waals surface area contributed by atoms with E-state index in [1.165, 1.54) is 16.2 Å². The van der Waals surface area contributed by atoms with Gasteiger partial charge in [-0.15, -0.1) is 0 Å². The summed E-state index contributed by atoms with van der Waals surface area (Å²) in [6.07, 6.45) is 0. The first kappa shape index (κ1) is 31.9. The smallest absolute Gasteiger partial charge is 0.162 e. The van der Waals surface area contributed by atoms with Gasteiger partial charge in [0, 0.05) is 50.0 Å². The third-order valence-corrected chi connectivity index (χ3v) is 10.8. The zero-order valence-corrected chi connectivity index (χ0v) is 30.3. The molecule has 0 aliphatic carbocycles. The van der Waals surface area contributed by atoms with Gasteiger partial charge >= 0.3 is 0 Å². The molecule has 0 aliphatic rings. The maximum absolute atomic E-state index is 5.39. The molecule has 56 heavy (non-hydrogen) atoms. The number of nitrogens with zero attached hydrogens (tertiary/aromatic N) is 5. The van der Waals surface area contributed by atoms with Crippen LogP contribution in [0.2, 0.25) is 0 Å². The lowest BCUT2D eigenvalue weighted by molar-refractivity contribution is 0.979. The van der Waals surface area contributed by atoms with Crippen LogP contribution >= 0.6 is 0 Å². The average Bonchev–Trinajstić information content (AvgIpc) is 3.84. The molecule has 4 heterocycles. The minimum Gasteiger partial charge on any atom is -0.294 e. The minimum atomic E-state index is 0.679. The lowest BCUT2D eigenvalue weighted by Crippen LogP contribution is -2.02. The molecule has 7 aromatic carbocycles. The molecule has 0 saturated heterocycles. The highest BCUT2D eigenvalue weighted by Crippen LogP contribution is 2.41. The molecule has 11 rings (SSSR count). The van der Waals surface area contributed by atoms with Gasteiger partial charge in [-0.3, -0.25) is 4.57 Å². The lowest BCUT2D eigenvalue weighted by Gasteiger charge is -2.13. The second-order valence-electron chi connectivity index (χ2n) is 14.1. The molecular formula is C51H33N5. The molecule has 0 atom stereocenters. The van der Waals surface area contributed by atoms with Crippen LogP contribution in [-0.4, -0.2) is 24.1 Å². The van der Waals surface area contributed by atoms with Crippen LogP contribution in [0, 0.1) is 0 Å². The van der Waals surface area contributed by atoms with Crippen LogP contribution in [0.25, 0.3) is 100 Å². The van der Waals surface area contributed by atoms with Crippen LogP contribution in [0.15, 0.2) is 200 Å². The Kier molecular flexibility index (Phi) is 7.42. The summed E-state index contributed by atoms with van der Waals surface area (Å²) in [5.41, 5.74) is 12.5. The van der Waals surface area contributed by atoms with Gasteiger partial charge in [-0.2, -0.15) is 5.10 Å². The summed E-state index contributed by atoms with van der Waals surface area (Å²) in [4.78, 5) is 10.4. The van der Waals surface area contributed by atoms with Crippen molar-refractivity contribution >= 4 is 38.1 Å². The Morgan fingerprint density at radius 1 is 0.393 bits per heavy atom. The van der Waals surface area contributed by atoms with E-state index in [1.807, 2.05) is 18.2 Å². The predicted octanol–water partition coefficient (Wildman–Crippen LogP) is 12.7. The molecule has 0 spiro atoms. The Labute approximate surface area is 323 Å². The fourth-order valence-corrected chi connectivity index (χ4v) is 8.16. The first-order valence-corrected chi connectivity index (χ1v) is 18.9. The van der Waals surface area contributed by atoms with E-state index in [4.69, 9.17) is 15.1 Å². The van der Waals surface area contributed by atoms with E-state index >= 15 is 0 Å². The molecule has 4 aromatic heterocycles. The largest absolute Gasteiger partial charge is 0.294 e. The van der Waals surface area contributed by atoms with E-state index in [0.29, 0.717) is 5.82 Å². The monoisotopic (exact) mass is 715 g/mol. The lowest BCUT2D eigenvalue weighted by atomic mass is 9.96. The van der Waals surface area contributed by atoms with Gasteiger partial charge in [-0.05, 0) is 29.1 Å². The van der Waals surface area contributed by atoms with Crippen molar-refractivity contribution in [2.75, 3.05) is 0 Å². The van der Waals surface area contributed by atoms with E-state index in [0.717, 1.165) is 78.2 Å². The van der Waals surface area contributed by atoms with Crippen LogP contribution in [0.4, 0.5) is 0 Å². The van der Waals surface area contributed by atoms with Gasteiger partial charge in [0.15, 0.2) is 5.82 Å². The van der Waals surface area contributed by atoms with Crippen molar-refractivity contribution < 1.29 is 0 Å². The Morgan fingerprint density at radius 2 is 0.929 bits per heavy atom. The van der Waals surface area contributed by atoms with Crippen molar-refractivity contribution in [1.29, 1.82) is 0 Å². The Hall–Kier alpha value is -7.63. The summed E-state index contributed by atoms with van der Waals surface area (Å²) < 4.78 is 4.40. The zero-order valence-electron chi connectivity index (χ0n) is 30.3. The normalized spacial score (nSPS) is 11.6. The van der Waals surface area contributed by atoms with Crippen LogP contribution < -0.4 is 0 Å². The number of hydrogen-bond acceptors (Lipinski definition) is 3. The SMILES string of the molecule is c1ccc(-c2nc(-c3ccc(-c4c(-c5ccccc5)nn5c(-c6ccccc6)cc6ccccc6c45)cc3)cc(-n3c4ccccc4c4ccccc43)n2)cc1. The summed E-state index contributed by atoms with van der Waals surface area (Å²) in [6.45, 7) is 0. The minimum absolute atomic E-state index is 0.679. The van der Waals surface area contributed by atoms with Crippen molar-refractivity contribution in [2.45, 2.75) is 0 Å². The Morgan fingerprint density at radius 3 is 1.59 bits per heavy atom. The van der Waals surface area contributed by atoms with Gasteiger partial charge in [-0.1, -0.05) is 176 Å². The number of pyridine rings is 1. The fourth-order valence-electron chi connectivity index (χ4n) is 8.16. The Bertz CT molecular complexity index is 3170. The van der Waals surface area contributed by atoms with Gasteiger partial charge < -0.3 is 0 Å². The molecule has 0 unspecified atom stereocenters.